The number of nitrogens with zero attached hydrogens (tertiary/aromatic N) is 1. The summed E-state index contributed by atoms with van der Waals surface area (Å²) >= 11 is 0. The maximum Gasteiger partial charge on any atom is 0.337 e. The van der Waals surface area contributed by atoms with Crippen molar-refractivity contribution in [3.8, 4) is 0 Å². The standard InChI is InChI=1S/C23H26N2O4/c1-3-16-6-10-20(11-7-16)25-15-19(14-21(25)26)22(27)24-13-12-17-4-8-18(9-5-17)23(28)29-2/h4-11,19H,3,12-15H2,1-2H3,(H,24,27). The lowest BCUT2D eigenvalue weighted by Crippen LogP contribution is -2.34. The third kappa shape index (κ3) is 5.02. The Hall–Kier alpha value is -3.15. The number of ether oxygens (including phenoxy) is 1. The van der Waals surface area contributed by atoms with Gasteiger partial charge in [0.15, 0.2) is 0 Å². The van der Waals surface area contributed by atoms with Crippen LogP contribution in [0.25, 0.3) is 0 Å². The van der Waals surface area contributed by atoms with E-state index in [-0.39, 0.29) is 30.1 Å². The first kappa shape index (κ1) is 20.6. The van der Waals surface area contributed by atoms with Crippen LogP contribution in [0.2, 0.25) is 0 Å². The van der Waals surface area contributed by atoms with Gasteiger partial charge in [0.2, 0.25) is 11.8 Å². The van der Waals surface area contributed by atoms with Gasteiger partial charge in [-0.1, -0.05) is 31.2 Å². The Morgan fingerprint density at radius 2 is 1.72 bits per heavy atom. The van der Waals surface area contributed by atoms with Gasteiger partial charge in [-0.3, -0.25) is 9.59 Å². The monoisotopic (exact) mass is 394 g/mol. The molecule has 1 saturated heterocycles. The number of anilines is 1. The molecular weight excluding hydrogens is 368 g/mol. The Kier molecular flexibility index (Phi) is 6.65. The number of carbonyl (C=O) groups excluding carboxylic acids is 3. The maximum atomic E-state index is 12.5. The smallest absolute Gasteiger partial charge is 0.337 e. The van der Waals surface area contributed by atoms with Crippen LogP contribution in [0.3, 0.4) is 0 Å². The number of nitrogens with one attached hydrogen (secondary N) is 1. The molecule has 2 aromatic rings. The van der Waals surface area contributed by atoms with Gasteiger partial charge in [-0.05, 0) is 48.2 Å². The van der Waals surface area contributed by atoms with Crippen molar-refractivity contribution < 1.29 is 19.1 Å². The Bertz CT molecular complexity index is 875. The molecular formula is C23H26N2O4. The van der Waals surface area contributed by atoms with E-state index in [1.807, 2.05) is 36.4 Å². The molecule has 0 aliphatic carbocycles. The van der Waals surface area contributed by atoms with Crippen LogP contribution in [0.5, 0.6) is 0 Å². The fourth-order valence-electron chi connectivity index (χ4n) is 3.44. The van der Waals surface area contributed by atoms with Crippen molar-refractivity contribution in [2.24, 2.45) is 5.92 Å². The molecule has 1 fully saturated rings. The molecule has 1 heterocycles. The second kappa shape index (κ2) is 9.37. The maximum absolute atomic E-state index is 12.5. The van der Waals surface area contributed by atoms with E-state index in [0.29, 0.717) is 25.1 Å². The van der Waals surface area contributed by atoms with E-state index in [1.54, 1.807) is 17.0 Å². The summed E-state index contributed by atoms with van der Waals surface area (Å²) in [5.41, 5.74) is 3.57. The SMILES string of the molecule is CCc1ccc(N2CC(C(=O)NCCc3ccc(C(=O)OC)cc3)CC2=O)cc1. The van der Waals surface area contributed by atoms with Crippen LogP contribution in [-0.2, 0) is 27.2 Å². The molecule has 0 saturated carbocycles. The molecule has 1 N–H and O–H groups in total. The molecule has 1 aliphatic heterocycles. The van der Waals surface area contributed by atoms with E-state index in [1.165, 1.54) is 12.7 Å². The fraction of sp³-hybridized carbons (Fsp3) is 0.348. The first-order valence-electron chi connectivity index (χ1n) is 9.86. The normalized spacial score (nSPS) is 16.0. The van der Waals surface area contributed by atoms with Gasteiger partial charge in [0.05, 0.1) is 18.6 Å². The van der Waals surface area contributed by atoms with Crippen LogP contribution in [-0.4, -0.2) is 38.0 Å². The van der Waals surface area contributed by atoms with Crippen LogP contribution in [0, 0.1) is 5.92 Å². The summed E-state index contributed by atoms with van der Waals surface area (Å²) in [6.45, 7) is 2.97. The van der Waals surface area contributed by atoms with Crippen molar-refractivity contribution in [2.45, 2.75) is 26.2 Å². The summed E-state index contributed by atoms with van der Waals surface area (Å²) in [6, 6.07) is 15.0. The van der Waals surface area contributed by atoms with Crippen LogP contribution in [0.1, 0.15) is 34.8 Å². The number of carbonyl (C=O) groups is 3. The third-order valence-electron chi connectivity index (χ3n) is 5.24. The largest absolute Gasteiger partial charge is 0.465 e. The van der Waals surface area contributed by atoms with Gasteiger partial charge in [-0.15, -0.1) is 0 Å². The van der Waals surface area contributed by atoms with E-state index in [0.717, 1.165) is 17.7 Å². The zero-order valence-corrected chi connectivity index (χ0v) is 16.8. The predicted molar refractivity (Wildman–Crippen MR) is 111 cm³/mol. The predicted octanol–water partition coefficient (Wildman–Crippen LogP) is 2.75. The molecule has 152 valence electrons. The first-order valence-corrected chi connectivity index (χ1v) is 9.86. The molecule has 1 aliphatic rings. The van der Waals surface area contributed by atoms with E-state index >= 15 is 0 Å². The molecule has 29 heavy (non-hydrogen) atoms. The summed E-state index contributed by atoms with van der Waals surface area (Å²) in [5.74, 6) is -0.829. The lowest BCUT2D eigenvalue weighted by molar-refractivity contribution is -0.126. The van der Waals surface area contributed by atoms with Crippen molar-refractivity contribution >= 4 is 23.5 Å². The molecule has 0 bridgehead atoms. The van der Waals surface area contributed by atoms with Crippen LogP contribution in [0.4, 0.5) is 5.69 Å². The van der Waals surface area contributed by atoms with E-state index in [9.17, 15) is 14.4 Å². The topological polar surface area (TPSA) is 75.7 Å². The minimum Gasteiger partial charge on any atom is -0.465 e. The van der Waals surface area contributed by atoms with Crippen molar-refractivity contribution in [1.29, 1.82) is 0 Å². The average Bonchev–Trinajstić information content (AvgIpc) is 3.15. The number of hydrogen-bond acceptors (Lipinski definition) is 4. The Morgan fingerprint density at radius 1 is 1.07 bits per heavy atom. The summed E-state index contributed by atoms with van der Waals surface area (Å²) in [7, 11) is 1.35. The third-order valence-corrected chi connectivity index (χ3v) is 5.24. The van der Waals surface area contributed by atoms with Gasteiger partial charge in [-0.2, -0.15) is 0 Å². The lowest BCUT2D eigenvalue weighted by atomic mass is 10.1. The lowest BCUT2D eigenvalue weighted by Gasteiger charge is -2.17. The zero-order valence-electron chi connectivity index (χ0n) is 16.8. The zero-order chi connectivity index (χ0) is 20.8. The summed E-state index contributed by atoms with van der Waals surface area (Å²) in [4.78, 5) is 38.0. The molecule has 6 nitrogen and oxygen atoms in total. The second-order valence-electron chi connectivity index (χ2n) is 7.15. The van der Waals surface area contributed by atoms with Gasteiger partial charge < -0.3 is 15.0 Å². The molecule has 0 spiro atoms. The number of rotatable bonds is 7. The minimum absolute atomic E-state index is 0.0206. The molecule has 1 unspecified atom stereocenters. The Morgan fingerprint density at radius 3 is 2.34 bits per heavy atom. The van der Waals surface area contributed by atoms with Crippen LogP contribution < -0.4 is 10.2 Å². The molecule has 6 heteroatoms. The van der Waals surface area contributed by atoms with Gasteiger partial charge in [0.1, 0.15) is 0 Å². The van der Waals surface area contributed by atoms with Gasteiger partial charge in [0, 0.05) is 25.2 Å². The van der Waals surface area contributed by atoms with Crippen molar-refractivity contribution in [1.82, 2.24) is 5.32 Å². The van der Waals surface area contributed by atoms with Gasteiger partial charge in [0.25, 0.3) is 0 Å². The second-order valence-corrected chi connectivity index (χ2v) is 7.15. The average molecular weight is 394 g/mol. The molecule has 2 aromatic carbocycles. The highest BCUT2D eigenvalue weighted by Gasteiger charge is 2.34. The number of esters is 1. The number of benzene rings is 2. The Balaban J connectivity index is 1.49. The quantitative estimate of drug-likeness (QED) is 0.733. The minimum atomic E-state index is -0.371. The molecule has 1 atom stereocenters. The number of amides is 2. The number of methoxy groups -OCH3 is 1. The van der Waals surface area contributed by atoms with Crippen molar-refractivity contribution in [3.63, 3.8) is 0 Å². The molecule has 0 radical (unpaired) electrons. The van der Waals surface area contributed by atoms with Crippen molar-refractivity contribution in [2.75, 3.05) is 25.1 Å². The highest BCUT2D eigenvalue weighted by Crippen LogP contribution is 2.25. The number of hydrogen-bond donors (Lipinski definition) is 1. The fourth-order valence-corrected chi connectivity index (χ4v) is 3.44. The highest BCUT2D eigenvalue weighted by molar-refractivity contribution is 6.00. The molecule has 0 aromatic heterocycles. The van der Waals surface area contributed by atoms with E-state index in [4.69, 9.17) is 0 Å². The van der Waals surface area contributed by atoms with Crippen LogP contribution >= 0.6 is 0 Å². The van der Waals surface area contributed by atoms with E-state index in [2.05, 4.69) is 17.0 Å². The van der Waals surface area contributed by atoms with Crippen molar-refractivity contribution in [3.05, 3.63) is 65.2 Å². The summed E-state index contributed by atoms with van der Waals surface area (Å²) in [5, 5.41) is 2.92. The van der Waals surface area contributed by atoms with Gasteiger partial charge in [-0.25, -0.2) is 4.79 Å². The first-order chi connectivity index (χ1) is 14.0. The summed E-state index contributed by atoms with van der Waals surface area (Å²) < 4.78 is 4.68. The Labute approximate surface area is 170 Å². The molecule has 2 amide bonds. The van der Waals surface area contributed by atoms with E-state index < -0.39 is 0 Å². The van der Waals surface area contributed by atoms with Crippen LogP contribution in [0.15, 0.2) is 48.5 Å². The summed E-state index contributed by atoms with van der Waals surface area (Å²) in [6.07, 6.45) is 1.83. The number of aryl methyl sites for hydroxylation is 1. The molecule has 3 rings (SSSR count). The highest BCUT2D eigenvalue weighted by atomic mass is 16.5. The van der Waals surface area contributed by atoms with Gasteiger partial charge >= 0.3 is 5.97 Å².